The second-order valence-electron chi connectivity index (χ2n) is 6.83. The van der Waals surface area contributed by atoms with Gasteiger partial charge in [-0.1, -0.05) is 36.4 Å². The number of hydrogen-bond donors (Lipinski definition) is 1. The number of ether oxygens (including phenoxy) is 1. The predicted molar refractivity (Wildman–Crippen MR) is 134 cm³/mol. The monoisotopic (exact) mass is 542 g/mol. The highest BCUT2D eigenvalue weighted by Crippen LogP contribution is 2.09. The van der Waals surface area contributed by atoms with Crippen LogP contribution in [0, 0.1) is 0 Å². The smallest absolute Gasteiger partial charge is 0.193 e. The average Bonchev–Trinajstić information content (AvgIpc) is 2.78. The van der Waals surface area contributed by atoms with Crippen LogP contribution < -0.4 is 10.1 Å². The summed E-state index contributed by atoms with van der Waals surface area (Å²) >= 11 is 0. The second kappa shape index (κ2) is 13.6. The van der Waals surface area contributed by atoms with Crippen LogP contribution in [0.5, 0.6) is 5.75 Å². The van der Waals surface area contributed by atoms with Gasteiger partial charge in [-0.25, -0.2) is 0 Å². The summed E-state index contributed by atoms with van der Waals surface area (Å²) in [4.78, 5) is 9.95. The summed E-state index contributed by atoms with van der Waals surface area (Å²) in [6.07, 6.45) is 0. The van der Waals surface area contributed by atoms with Crippen LogP contribution >= 0.6 is 24.0 Å². The molecule has 1 fully saturated rings. The molecule has 2 aromatic rings. The maximum Gasteiger partial charge on any atom is 0.193 e. The molecule has 1 aliphatic heterocycles. The zero-order chi connectivity index (χ0) is 20.3. The fourth-order valence-electron chi connectivity index (χ4n) is 3.27. The standard InChI is InChI=1S/C22H30N4O2S.HI/c1-23-22(24-12-19-29(27)21-10-6-3-7-11-21)26-15-13-25(14-16-26)17-18-28-20-8-4-2-5-9-20;/h2-11H,12-19H2,1H3,(H,23,24);1H. The van der Waals surface area contributed by atoms with Crippen molar-refractivity contribution in [3.63, 3.8) is 0 Å². The first-order chi connectivity index (χ1) is 14.3. The van der Waals surface area contributed by atoms with Gasteiger partial charge in [-0.05, 0) is 24.3 Å². The van der Waals surface area contributed by atoms with Gasteiger partial charge < -0.3 is 15.0 Å². The minimum atomic E-state index is -0.990. The Balaban J connectivity index is 0.00000320. The molecular weight excluding hydrogens is 511 g/mol. The van der Waals surface area contributed by atoms with Gasteiger partial charge in [-0.15, -0.1) is 24.0 Å². The highest BCUT2D eigenvalue weighted by Gasteiger charge is 2.19. The van der Waals surface area contributed by atoms with Crippen molar-refractivity contribution in [3.05, 3.63) is 60.7 Å². The molecule has 0 aliphatic carbocycles. The molecule has 2 aromatic carbocycles. The van der Waals surface area contributed by atoms with Crippen LogP contribution in [0.3, 0.4) is 0 Å². The Morgan fingerprint density at radius 2 is 1.67 bits per heavy atom. The number of rotatable bonds is 8. The fraction of sp³-hybridized carbons (Fsp3) is 0.409. The fourth-order valence-corrected chi connectivity index (χ4v) is 4.25. The molecule has 1 atom stereocenters. The van der Waals surface area contributed by atoms with Crippen molar-refractivity contribution in [2.24, 2.45) is 4.99 Å². The van der Waals surface area contributed by atoms with Crippen molar-refractivity contribution < 1.29 is 8.95 Å². The first kappa shape index (κ1) is 24.6. The maximum absolute atomic E-state index is 12.3. The van der Waals surface area contributed by atoms with Gasteiger partial charge in [-0.2, -0.15) is 0 Å². The lowest BCUT2D eigenvalue weighted by Gasteiger charge is -2.36. The summed E-state index contributed by atoms with van der Waals surface area (Å²) in [5, 5.41) is 3.36. The lowest BCUT2D eigenvalue weighted by Crippen LogP contribution is -2.53. The van der Waals surface area contributed by atoms with Gasteiger partial charge in [0.05, 0.1) is 10.8 Å². The zero-order valence-corrected chi connectivity index (χ0v) is 20.6. The molecule has 30 heavy (non-hydrogen) atoms. The minimum Gasteiger partial charge on any atom is -0.492 e. The molecule has 0 aromatic heterocycles. The third kappa shape index (κ3) is 7.88. The largest absolute Gasteiger partial charge is 0.492 e. The number of nitrogens with one attached hydrogen (secondary N) is 1. The van der Waals surface area contributed by atoms with Crippen LogP contribution in [0.1, 0.15) is 0 Å². The molecule has 1 aliphatic rings. The van der Waals surface area contributed by atoms with E-state index in [1.54, 1.807) is 7.05 Å². The Hall–Kier alpha value is -1.65. The van der Waals surface area contributed by atoms with Crippen molar-refractivity contribution >= 4 is 40.7 Å². The van der Waals surface area contributed by atoms with Crippen molar-refractivity contribution in [1.29, 1.82) is 0 Å². The molecule has 0 saturated carbocycles. The lowest BCUT2D eigenvalue weighted by atomic mass is 10.3. The van der Waals surface area contributed by atoms with Gasteiger partial charge in [0.15, 0.2) is 5.96 Å². The number of guanidine groups is 1. The number of aliphatic imine (C=N–C) groups is 1. The van der Waals surface area contributed by atoms with E-state index < -0.39 is 10.8 Å². The van der Waals surface area contributed by atoms with E-state index in [2.05, 4.69) is 20.1 Å². The summed E-state index contributed by atoms with van der Waals surface area (Å²) in [7, 11) is 0.812. The summed E-state index contributed by atoms with van der Waals surface area (Å²) in [5.41, 5.74) is 0. The molecule has 8 heteroatoms. The van der Waals surface area contributed by atoms with Crippen LogP contribution in [0.15, 0.2) is 70.6 Å². The van der Waals surface area contributed by atoms with Gasteiger partial charge in [0.25, 0.3) is 0 Å². The summed E-state index contributed by atoms with van der Waals surface area (Å²) in [5.74, 6) is 2.37. The summed E-state index contributed by atoms with van der Waals surface area (Å²) in [6, 6.07) is 19.5. The van der Waals surface area contributed by atoms with Crippen LogP contribution in [-0.4, -0.2) is 78.6 Å². The van der Waals surface area contributed by atoms with Gasteiger partial charge in [-0.3, -0.25) is 14.1 Å². The van der Waals surface area contributed by atoms with E-state index in [1.165, 1.54) is 0 Å². The van der Waals surface area contributed by atoms with Crippen molar-refractivity contribution in [3.8, 4) is 5.75 Å². The number of piperazine rings is 1. The van der Waals surface area contributed by atoms with E-state index >= 15 is 0 Å². The van der Waals surface area contributed by atoms with Crippen molar-refractivity contribution in [1.82, 2.24) is 15.1 Å². The quantitative estimate of drug-likeness (QED) is 0.316. The Labute approximate surface area is 199 Å². The highest BCUT2D eigenvalue weighted by atomic mass is 127. The Kier molecular flexibility index (Phi) is 11.2. The first-order valence-electron chi connectivity index (χ1n) is 10.1. The van der Waals surface area contributed by atoms with Gasteiger partial charge in [0.1, 0.15) is 12.4 Å². The lowest BCUT2D eigenvalue weighted by molar-refractivity contribution is 0.152. The summed E-state index contributed by atoms with van der Waals surface area (Å²) < 4.78 is 18.1. The molecule has 1 N–H and O–H groups in total. The third-order valence-electron chi connectivity index (χ3n) is 4.88. The Bertz CT molecular complexity index is 784. The van der Waals surface area contributed by atoms with Gasteiger partial charge in [0.2, 0.25) is 0 Å². The molecule has 1 saturated heterocycles. The van der Waals surface area contributed by atoms with E-state index in [9.17, 15) is 4.21 Å². The van der Waals surface area contributed by atoms with Crippen LogP contribution in [-0.2, 0) is 10.8 Å². The number of benzene rings is 2. The van der Waals surface area contributed by atoms with E-state index in [0.717, 1.165) is 49.3 Å². The third-order valence-corrected chi connectivity index (χ3v) is 6.25. The molecule has 1 unspecified atom stereocenters. The SMILES string of the molecule is CN=C(NCCS(=O)c1ccccc1)N1CCN(CCOc2ccccc2)CC1.I. The average molecular weight is 542 g/mol. The van der Waals surface area contributed by atoms with Crippen LogP contribution in [0.4, 0.5) is 0 Å². The Morgan fingerprint density at radius 1 is 1.03 bits per heavy atom. The molecule has 1 heterocycles. The Morgan fingerprint density at radius 3 is 2.30 bits per heavy atom. The number of nitrogens with zero attached hydrogens (tertiary/aromatic N) is 3. The van der Waals surface area contributed by atoms with Crippen LogP contribution in [0.25, 0.3) is 0 Å². The van der Waals surface area contributed by atoms with Gasteiger partial charge >= 0.3 is 0 Å². The van der Waals surface area contributed by atoms with E-state index in [0.29, 0.717) is 18.9 Å². The topological polar surface area (TPSA) is 57.2 Å². The molecule has 0 radical (unpaired) electrons. The summed E-state index contributed by atoms with van der Waals surface area (Å²) in [6.45, 7) is 6.07. The van der Waals surface area contributed by atoms with E-state index in [-0.39, 0.29) is 24.0 Å². The molecule has 0 amide bonds. The maximum atomic E-state index is 12.3. The zero-order valence-electron chi connectivity index (χ0n) is 17.4. The normalized spacial score (nSPS) is 15.9. The van der Waals surface area contributed by atoms with Crippen LogP contribution in [0.2, 0.25) is 0 Å². The van der Waals surface area contributed by atoms with Gasteiger partial charge in [0, 0.05) is 57.0 Å². The van der Waals surface area contributed by atoms with Crippen molar-refractivity contribution in [2.45, 2.75) is 4.90 Å². The van der Waals surface area contributed by atoms with E-state index in [1.807, 2.05) is 60.7 Å². The van der Waals surface area contributed by atoms with Crippen molar-refractivity contribution in [2.75, 3.05) is 58.7 Å². The predicted octanol–water partition coefficient (Wildman–Crippen LogP) is 2.68. The molecule has 3 rings (SSSR count). The first-order valence-corrected chi connectivity index (χ1v) is 11.4. The highest BCUT2D eigenvalue weighted by molar-refractivity contribution is 14.0. The molecule has 164 valence electrons. The molecule has 6 nitrogen and oxygen atoms in total. The number of halogens is 1. The molecule has 0 spiro atoms. The molecular formula is C22H31IN4O2S. The number of para-hydroxylation sites is 1. The second-order valence-corrected chi connectivity index (χ2v) is 8.40. The molecule has 0 bridgehead atoms. The van der Waals surface area contributed by atoms with E-state index in [4.69, 9.17) is 4.74 Å². The number of hydrogen-bond acceptors (Lipinski definition) is 4. The minimum absolute atomic E-state index is 0.